The molecule has 232 valence electrons. The molecule has 0 aliphatic rings. The van der Waals surface area contributed by atoms with E-state index in [-0.39, 0.29) is 0 Å². The van der Waals surface area contributed by atoms with E-state index in [0.29, 0.717) is 0 Å². The lowest BCUT2D eigenvalue weighted by molar-refractivity contribution is 0.616. The lowest BCUT2D eigenvalue weighted by Crippen LogP contribution is -1.91. The van der Waals surface area contributed by atoms with Gasteiger partial charge in [0.1, 0.15) is 27.9 Å². The van der Waals surface area contributed by atoms with Gasteiger partial charge in [-0.05, 0) is 75.1 Å². The maximum absolute atomic E-state index is 6.66. The second kappa shape index (κ2) is 9.43. The van der Waals surface area contributed by atoms with Gasteiger partial charge < -0.3 is 17.7 Å². The molecule has 4 nitrogen and oxygen atoms in total. The Labute approximate surface area is 283 Å². The molecule has 0 saturated heterocycles. The first-order chi connectivity index (χ1) is 24.8. The van der Waals surface area contributed by atoms with Crippen LogP contribution >= 0.6 is 0 Å². The Kier molecular flexibility index (Phi) is 4.94. The quantitative estimate of drug-likeness (QED) is 0.176. The predicted octanol–water partition coefficient (Wildman–Crippen LogP) is 13.8. The van der Waals surface area contributed by atoms with Gasteiger partial charge in [-0.25, -0.2) is 0 Å². The standard InChI is InChI=1S/C46H24O4/c1-3-14-29-27(12-1)40(33-16-9-19-39-42(33)34-21-20-32-26-11-6-8-18-37(26)49-45(32)46(34)50-39)28-13-2-4-15-30(28)41(29)35-24-47-38-23-22-31-25-10-5-7-17-36(25)48-44(31)43(35)38/h1-24H. The van der Waals surface area contributed by atoms with Crippen molar-refractivity contribution in [2.75, 3.05) is 0 Å². The molecule has 12 aromatic rings. The summed E-state index contributed by atoms with van der Waals surface area (Å²) in [6.45, 7) is 0. The first-order valence-electron chi connectivity index (χ1n) is 16.8. The van der Waals surface area contributed by atoms with Gasteiger partial charge in [-0.15, -0.1) is 0 Å². The molecule has 12 rings (SSSR count). The molecule has 0 atom stereocenters. The van der Waals surface area contributed by atoms with E-state index in [4.69, 9.17) is 17.7 Å². The summed E-state index contributed by atoms with van der Waals surface area (Å²) in [5.74, 6) is 0. The number of hydrogen-bond acceptors (Lipinski definition) is 4. The van der Waals surface area contributed by atoms with E-state index >= 15 is 0 Å². The zero-order valence-corrected chi connectivity index (χ0v) is 26.5. The van der Waals surface area contributed by atoms with Crippen molar-refractivity contribution in [3.8, 4) is 22.3 Å². The molecule has 0 amide bonds. The van der Waals surface area contributed by atoms with E-state index in [1.165, 1.54) is 5.56 Å². The van der Waals surface area contributed by atoms with Crippen LogP contribution in [-0.4, -0.2) is 0 Å². The lowest BCUT2D eigenvalue weighted by Gasteiger charge is -2.17. The van der Waals surface area contributed by atoms with Crippen LogP contribution in [0, 0.1) is 0 Å². The van der Waals surface area contributed by atoms with Crippen LogP contribution in [0.25, 0.3) is 121 Å². The van der Waals surface area contributed by atoms with Crippen LogP contribution in [0.15, 0.2) is 163 Å². The van der Waals surface area contributed by atoms with Crippen molar-refractivity contribution in [3.05, 3.63) is 146 Å². The Bertz CT molecular complexity index is 3330. The Hall–Kier alpha value is -6.78. The van der Waals surface area contributed by atoms with E-state index < -0.39 is 0 Å². The molecule has 4 heteroatoms. The first-order valence-corrected chi connectivity index (χ1v) is 16.8. The molecule has 0 radical (unpaired) electrons. The fourth-order valence-electron chi connectivity index (χ4n) is 8.47. The third-order valence-electron chi connectivity index (χ3n) is 10.6. The molecule has 0 N–H and O–H groups in total. The number of hydrogen-bond donors (Lipinski definition) is 0. The zero-order chi connectivity index (χ0) is 32.5. The summed E-state index contributed by atoms with van der Waals surface area (Å²) in [5, 5.41) is 12.0. The second-order valence-electron chi connectivity index (χ2n) is 13.1. The highest BCUT2D eigenvalue weighted by Gasteiger charge is 2.24. The molecule has 8 aromatic carbocycles. The van der Waals surface area contributed by atoms with Crippen molar-refractivity contribution in [2.45, 2.75) is 0 Å². The van der Waals surface area contributed by atoms with Crippen molar-refractivity contribution in [3.63, 3.8) is 0 Å². The minimum atomic E-state index is 0.770. The van der Waals surface area contributed by atoms with Gasteiger partial charge in [0.05, 0.1) is 11.6 Å². The fourth-order valence-corrected chi connectivity index (χ4v) is 8.47. The van der Waals surface area contributed by atoms with E-state index in [9.17, 15) is 0 Å². The summed E-state index contributed by atoms with van der Waals surface area (Å²) >= 11 is 0. The largest absolute Gasteiger partial charge is 0.464 e. The molecule has 4 aromatic heterocycles. The molecule has 0 saturated carbocycles. The summed E-state index contributed by atoms with van der Waals surface area (Å²) in [7, 11) is 0. The predicted molar refractivity (Wildman–Crippen MR) is 204 cm³/mol. The van der Waals surface area contributed by atoms with Crippen LogP contribution < -0.4 is 0 Å². The molecule has 50 heavy (non-hydrogen) atoms. The molecular weight excluding hydrogens is 617 g/mol. The molecule has 0 fully saturated rings. The Morgan fingerprint density at radius 1 is 0.280 bits per heavy atom. The van der Waals surface area contributed by atoms with Crippen LogP contribution in [0.4, 0.5) is 0 Å². The summed E-state index contributed by atoms with van der Waals surface area (Å²) in [4.78, 5) is 0. The van der Waals surface area contributed by atoms with Crippen LogP contribution in [0.3, 0.4) is 0 Å². The molecule has 0 aliphatic heterocycles. The zero-order valence-electron chi connectivity index (χ0n) is 26.5. The minimum Gasteiger partial charge on any atom is -0.464 e. The molecule has 0 spiro atoms. The van der Waals surface area contributed by atoms with Gasteiger partial charge in [0.25, 0.3) is 0 Å². The van der Waals surface area contributed by atoms with Gasteiger partial charge in [-0.2, -0.15) is 0 Å². The topological polar surface area (TPSA) is 52.6 Å². The number of para-hydroxylation sites is 2. The van der Waals surface area contributed by atoms with Crippen molar-refractivity contribution in [1.29, 1.82) is 0 Å². The SMILES string of the molecule is c1ccc2c(c1)oc1c2ccc2c1oc1cccc(-c3c4ccccc4c(-c4coc5ccc6c7ccccc7oc6c45)c4ccccc34)c12. The van der Waals surface area contributed by atoms with Crippen molar-refractivity contribution >= 4 is 98.3 Å². The molecule has 4 heterocycles. The smallest absolute Gasteiger partial charge is 0.178 e. The minimum absolute atomic E-state index is 0.770. The molecule has 0 aliphatic carbocycles. The van der Waals surface area contributed by atoms with E-state index in [2.05, 4.69) is 109 Å². The van der Waals surface area contributed by atoms with Gasteiger partial charge in [-0.3, -0.25) is 0 Å². The Balaban J connectivity index is 1.21. The van der Waals surface area contributed by atoms with Crippen LogP contribution in [0.1, 0.15) is 0 Å². The van der Waals surface area contributed by atoms with Crippen LogP contribution in [0.2, 0.25) is 0 Å². The van der Waals surface area contributed by atoms with Crippen LogP contribution in [-0.2, 0) is 0 Å². The highest BCUT2D eigenvalue weighted by molar-refractivity contribution is 6.29. The van der Waals surface area contributed by atoms with Gasteiger partial charge in [0, 0.05) is 43.4 Å². The highest BCUT2D eigenvalue weighted by atomic mass is 16.4. The van der Waals surface area contributed by atoms with Gasteiger partial charge in [-0.1, -0.05) is 97.1 Å². The summed E-state index contributed by atoms with van der Waals surface area (Å²) in [6, 6.07) is 48.7. The fraction of sp³-hybridized carbons (Fsp3) is 0. The van der Waals surface area contributed by atoms with Crippen molar-refractivity contribution in [2.24, 2.45) is 0 Å². The monoisotopic (exact) mass is 640 g/mol. The number of benzene rings is 8. The summed E-state index contributed by atoms with van der Waals surface area (Å²) in [6.07, 6.45) is 1.90. The maximum Gasteiger partial charge on any atom is 0.178 e. The lowest BCUT2D eigenvalue weighted by atomic mass is 9.84. The number of fused-ring (bicyclic) bond motifs is 14. The summed E-state index contributed by atoms with van der Waals surface area (Å²) < 4.78 is 25.9. The molecule has 0 bridgehead atoms. The maximum atomic E-state index is 6.66. The van der Waals surface area contributed by atoms with Crippen molar-refractivity contribution in [1.82, 2.24) is 0 Å². The van der Waals surface area contributed by atoms with E-state index in [1.807, 2.05) is 36.6 Å². The number of furan rings is 4. The third kappa shape index (κ3) is 3.30. The second-order valence-corrected chi connectivity index (χ2v) is 13.1. The Morgan fingerprint density at radius 2 is 0.760 bits per heavy atom. The van der Waals surface area contributed by atoms with Gasteiger partial charge in [0.2, 0.25) is 0 Å². The number of rotatable bonds is 2. The average Bonchev–Trinajstić information content (AvgIpc) is 3.94. The van der Waals surface area contributed by atoms with Crippen molar-refractivity contribution < 1.29 is 17.7 Å². The third-order valence-corrected chi connectivity index (χ3v) is 10.6. The van der Waals surface area contributed by atoms with E-state index in [1.54, 1.807) is 0 Å². The highest BCUT2D eigenvalue weighted by Crippen LogP contribution is 2.50. The average molecular weight is 641 g/mol. The normalized spacial score (nSPS) is 12.4. The van der Waals surface area contributed by atoms with Crippen LogP contribution in [0.5, 0.6) is 0 Å². The molecule has 0 unspecified atom stereocenters. The van der Waals surface area contributed by atoms with Gasteiger partial charge >= 0.3 is 0 Å². The van der Waals surface area contributed by atoms with E-state index in [0.717, 1.165) is 115 Å². The first kappa shape index (κ1) is 26.2. The Morgan fingerprint density at radius 3 is 1.44 bits per heavy atom. The molecular formula is C46H24O4. The summed E-state index contributed by atoms with van der Waals surface area (Å²) in [5.41, 5.74) is 10.2. The van der Waals surface area contributed by atoms with Gasteiger partial charge in [0.15, 0.2) is 11.2 Å².